The molecule has 1 aliphatic heterocycles. The molecule has 1 unspecified atom stereocenters. The van der Waals surface area contributed by atoms with Crippen LogP contribution in [0.4, 0.5) is 0 Å². The molecule has 3 heteroatoms. The van der Waals surface area contributed by atoms with Crippen LogP contribution in [-0.4, -0.2) is 6.29 Å². The van der Waals surface area contributed by atoms with E-state index in [9.17, 15) is 4.79 Å². The van der Waals surface area contributed by atoms with Crippen LogP contribution in [0, 0.1) is 0 Å². The number of fused-ring (bicyclic) bond motifs is 1. The number of hydrogen-bond acceptors (Lipinski definition) is 2. The molecule has 2 aromatic rings. The number of rotatable bonds is 2. The van der Waals surface area contributed by atoms with E-state index in [0.29, 0.717) is 5.76 Å². The molecule has 0 radical (unpaired) electrons. The Balaban J connectivity index is 2.09. The molecule has 0 N–H and O–H groups in total. The summed E-state index contributed by atoms with van der Waals surface area (Å²) >= 11 is 3.50. The van der Waals surface area contributed by atoms with Crippen molar-refractivity contribution in [3.8, 4) is 5.75 Å². The summed E-state index contributed by atoms with van der Waals surface area (Å²) in [7, 11) is 0. The molecule has 0 saturated carbocycles. The molecular weight excluding hydrogens is 304 g/mol. The van der Waals surface area contributed by atoms with Gasteiger partial charge < -0.3 is 9.53 Å². The average molecular weight is 315 g/mol. The van der Waals surface area contributed by atoms with Crippen LogP contribution in [0.15, 0.2) is 59.1 Å². The second-order valence-electron chi connectivity index (χ2n) is 4.31. The second-order valence-corrected chi connectivity index (χ2v) is 5.17. The van der Waals surface area contributed by atoms with Crippen LogP contribution in [-0.2, 0) is 4.79 Å². The van der Waals surface area contributed by atoms with E-state index in [2.05, 4.69) is 15.9 Å². The maximum atomic E-state index is 11.3. The molecular formula is C16H11BrO2. The molecule has 0 bridgehead atoms. The van der Waals surface area contributed by atoms with Gasteiger partial charge in [-0.15, -0.1) is 0 Å². The monoisotopic (exact) mass is 314 g/mol. The van der Waals surface area contributed by atoms with Gasteiger partial charge in [0.15, 0.2) is 0 Å². The molecule has 94 valence electrons. The molecule has 0 fully saturated rings. The van der Waals surface area contributed by atoms with Crippen molar-refractivity contribution in [3.05, 3.63) is 70.2 Å². The molecule has 1 atom stereocenters. The number of carbonyl (C=O) groups is 1. The van der Waals surface area contributed by atoms with Crippen molar-refractivity contribution in [1.82, 2.24) is 0 Å². The summed E-state index contributed by atoms with van der Waals surface area (Å²) < 4.78 is 6.85. The van der Waals surface area contributed by atoms with Gasteiger partial charge in [0.05, 0.1) is 5.92 Å². The maximum Gasteiger partial charge on any atom is 0.132 e. The number of halogens is 1. The first-order chi connectivity index (χ1) is 9.29. The highest BCUT2D eigenvalue weighted by molar-refractivity contribution is 9.10. The Hall–Kier alpha value is -1.87. The van der Waals surface area contributed by atoms with Gasteiger partial charge in [-0.05, 0) is 18.2 Å². The molecule has 0 saturated heterocycles. The van der Waals surface area contributed by atoms with Gasteiger partial charge in [-0.3, -0.25) is 0 Å². The predicted molar refractivity (Wildman–Crippen MR) is 78.0 cm³/mol. The Morgan fingerprint density at radius 2 is 1.79 bits per heavy atom. The van der Waals surface area contributed by atoms with E-state index >= 15 is 0 Å². The molecule has 2 nitrogen and oxygen atoms in total. The molecule has 0 aliphatic carbocycles. The van der Waals surface area contributed by atoms with E-state index < -0.39 is 0 Å². The summed E-state index contributed by atoms with van der Waals surface area (Å²) in [5.41, 5.74) is 1.86. The predicted octanol–water partition coefficient (Wildman–Crippen LogP) is 4.17. The van der Waals surface area contributed by atoms with E-state index in [1.54, 1.807) is 0 Å². The van der Waals surface area contributed by atoms with Gasteiger partial charge in [-0.2, -0.15) is 0 Å². The van der Waals surface area contributed by atoms with Crippen LogP contribution in [0.3, 0.4) is 0 Å². The fourth-order valence-electron chi connectivity index (χ4n) is 2.17. The van der Waals surface area contributed by atoms with E-state index in [4.69, 9.17) is 4.74 Å². The summed E-state index contributed by atoms with van der Waals surface area (Å²) in [4.78, 5) is 11.3. The lowest BCUT2D eigenvalue weighted by Gasteiger charge is -2.22. The first kappa shape index (κ1) is 12.2. The average Bonchev–Trinajstić information content (AvgIpc) is 2.46. The standard InChI is InChI=1S/C16H11BrO2/c17-14-7-3-1-6-13(14)16-9-11(10-18)12-5-2-4-8-15(12)19-16/h1-11H. The van der Waals surface area contributed by atoms with Crippen molar-refractivity contribution >= 4 is 28.0 Å². The summed E-state index contributed by atoms with van der Waals surface area (Å²) in [6.45, 7) is 0. The molecule has 0 amide bonds. The van der Waals surface area contributed by atoms with E-state index in [0.717, 1.165) is 27.6 Å². The Kier molecular flexibility index (Phi) is 3.22. The minimum Gasteiger partial charge on any atom is -0.457 e. The minimum absolute atomic E-state index is 0.257. The van der Waals surface area contributed by atoms with E-state index in [1.807, 2.05) is 54.6 Å². The minimum atomic E-state index is -0.257. The SMILES string of the molecule is O=CC1C=C(c2ccccc2Br)Oc2ccccc21. The van der Waals surface area contributed by atoms with Crippen molar-refractivity contribution in [2.75, 3.05) is 0 Å². The molecule has 0 aromatic heterocycles. The Morgan fingerprint density at radius 1 is 1.05 bits per heavy atom. The normalized spacial score (nSPS) is 17.1. The lowest BCUT2D eigenvalue weighted by molar-refractivity contribution is -0.108. The number of para-hydroxylation sites is 1. The third-order valence-electron chi connectivity index (χ3n) is 3.11. The van der Waals surface area contributed by atoms with Crippen molar-refractivity contribution in [2.45, 2.75) is 5.92 Å². The number of hydrogen-bond donors (Lipinski definition) is 0. The molecule has 2 aromatic carbocycles. The fraction of sp³-hybridized carbons (Fsp3) is 0.0625. The largest absolute Gasteiger partial charge is 0.457 e. The van der Waals surface area contributed by atoms with Gasteiger partial charge in [0.1, 0.15) is 17.8 Å². The molecule has 1 heterocycles. The highest BCUT2D eigenvalue weighted by atomic mass is 79.9. The van der Waals surface area contributed by atoms with Crippen molar-refractivity contribution < 1.29 is 9.53 Å². The number of allylic oxidation sites excluding steroid dienone is 1. The van der Waals surface area contributed by atoms with Gasteiger partial charge in [0, 0.05) is 15.6 Å². The third-order valence-corrected chi connectivity index (χ3v) is 3.81. The zero-order valence-corrected chi connectivity index (χ0v) is 11.6. The Labute approximate surface area is 119 Å². The van der Waals surface area contributed by atoms with Crippen molar-refractivity contribution in [2.24, 2.45) is 0 Å². The van der Waals surface area contributed by atoms with Crippen molar-refractivity contribution in [1.29, 1.82) is 0 Å². The van der Waals surface area contributed by atoms with Gasteiger partial charge >= 0.3 is 0 Å². The Morgan fingerprint density at radius 3 is 2.58 bits per heavy atom. The van der Waals surface area contributed by atoms with Gasteiger partial charge in [-0.1, -0.05) is 52.3 Å². The third kappa shape index (κ3) is 2.22. The van der Waals surface area contributed by atoms with Gasteiger partial charge in [0.2, 0.25) is 0 Å². The second kappa shape index (κ2) is 5.02. The number of aldehydes is 1. The molecule has 19 heavy (non-hydrogen) atoms. The highest BCUT2D eigenvalue weighted by Gasteiger charge is 2.22. The lowest BCUT2D eigenvalue weighted by atomic mass is 9.95. The number of ether oxygens (including phenoxy) is 1. The fourth-order valence-corrected chi connectivity index (χ4v) is 2.65. The highest BCUT2D eigenvalue weighted by Crippen LogP contribution is 2.37. The van der Waals surface area contributed by atoms with Crippen molar-refractivity contribution in [3.63, 3.8) is 0 Å². The van der Waals surface area contributed by atoms with Gasteiger partial charge in [0.25, 0.3) is 0 Å². The zero-order valence-electron chi connectivity index (χ0n) is 10.0. The molecule has 3 rings (SSSR count). The Bertz CT molecular complexity index is 661. The molecule has 0 spiro atoms. The van der Waals surface area contributed by atoms with E-state index in [1.165, 1.54) is 0 Å². The first-order valence-electron chi connectivity index (χ1n) is 5.98. The van der Waals surface area contributed by atoms with Crippen LogP contribution in [0.25, 0.3) is 5.76 Å². The van der Waals surface area contributed by atoms with Crippen LogP contribution < -0.4 is 4.74 Å². The van der Waals surface area contributed by atoms with E-state index in [-0.39, 0.29) is 5.92 Å². The summed E-state index contributed by atoms with van der Waals surface area (Å²) in [6, 6.07) is 15.4. The van der Waals surface area contributed by atoms with Crippen LogP contribution >= 0.6 is 15.9 Å². The maximum absolute atomic E-state index is 11.3. The summed E-state index contributed by atoms with van der Waals surface area (Å²) in [6.07, 6.45) is 2.80. The number of carbonyl (C=O) groups excluding carboxylic acids is 1. The topological polar surface area (TPSA) is 26.3 Å². The zero-order chi connectivity index (χ0) is 13.2. The van der Waals surface area contributed by atoms with Crippen LogP contribution in [0.1, 0.15) is 17.0 Å². The summed E-state index contributed by atoms with van der Waals surface area (Å²) in [5.74, 6) is 1.20. The first-order valence-corrected chi connectivity index (χ1v) is 6.77. The number of benzene rings is 2. The lowest BCUT2D eigenvalue weighted by Crippen LogP contribution is -2.10. The van der Waals surface area contributed by atoms with Crippen LogP contribution in [0.2, 0.25) is 0 Å². The summed E-state index contributed by atoms with van der Waals surface area (Å²) in [5, 5.41) is 0. The quantitative estimate of drug-likeness (QED) is 0.778. The van der Waals surface area contributed by atoms with Gasteiger partial charge in [-0.25, -0.2) is 0 Å². The molecule has 1 aliphatic rings. The van der Waals surface area contributed by atoms with Crippen LogP contribution in [0.5, 0.6) is 5.75 Å². The smallest absolute Gasteiger partial charge is 0.132 e.